The van der Waals surface area contributed by atoms with E-state index in [0.717, 1.165) is 6.08 Å². The molecule has 86 valence electrons. The van der Waals surface area contributed by atoms with Crippen molar-refractivity contribution in [3.8, 4) is 5.69 Å². The largest absolute Gasteiger partial charge is 0.289 e. The molecule has 2 rings (SSSR count). The van der Waals surface area contributed by atoms with Gasteiger partial charge in [0, 0.05) is 0 Å². The van der Waals surface area contributed by atoms with Crippen LogP contribution in [0.4, 0.5) is 4.39 Å². The highest BCUT2D eigenvalue weighted by molar-refractivity contribution is 6.31. The standard InChI is InChI=1S/C11H7ClFN3O/c1-2-9(17)10-8(16-6-5-14-15-16)4-3-7(12)11(10)13/h2-6H,1H2. The van der Waals surface area contributed by atoms with Crippen LogP contribution in [0.1, 0.15) is 10.4 Å². The predicted octanol–water partition coefficient (Wildman–Crippen LogP) is 2.43. The molecule has 17 heavy (non-hydrogen) atoms. The lowest BCUT2D eigenvalue weighted by Gasteiger charge is -2.08. The second kappa shape index (κ2) is 4.47. The molecule has 0 saturated carbocycles. The smallest absolute Gasteiger partial charge is 0.190 e. The molecule has 0 unspecified atom stereocenters. The first-order chi connectivity index (χ1) is 8.15. The summed E-state index contributed by atoms with van der Waals surface area (Å²) in [5.41, 5.74) is 0.104. The molecule has 0 spiro atoms. The third kappa shape index (κ3) is 1.97. The van der Waals surface area contributed by atoms with E-state index in [4.69, 9.17) is 11.6 Å². The van der Waals surface area contributed by atoms with Crippen LogP contribution in [0.15, 0.2) is 37.2 Å². The zero-order valence-corrected chi connectivity index (χ0v) is 9.36. The summed E-state index contributed by atoms with van der Waals surface area (Å²) < 4.78 is 15.1. The number of allylic oxidation sites excluding steroid dienone is 1. The van der Waals surface area contributed by atoms with E-state index in [1.807, 2.05) is 0 Å². The normalized spacial score (nSPS) is 10.2. The van der Waals surface area contributed by atoms with Crippen molar-refractivity contribution < 1.29 is 9.18 Å². The third-order valence-electron chi connectivity index (χ3n) is 2.17. The highest BCUT2D eigenvalue weighted by Crippen LogP contribution is 2.24. The van der Waals surface area contributed by atoms with Gasteiger partial charge in [-0.1, -0.05) is 23.4 Å². The van der Waals surface area contributed by atoms with Crippen molar-refractivity contribution in [3.05, 3.63) is 53.6 Å². The molecule has 0 atom stereocenters. The molecule has 1 aromatic heterocycles. The van der Waals surface area contributed by atoms with Gasteiger partial charge in [0.1, 0.15) is 0 Å². The lowest BCUT2D eigenvalue weighted by atomic mass is 10.1. The monoisotopic (exact) mass is 251 g/mol. The maximum Gasteiger partial charge on any atom is 0.190 e. The number of carbonyl (C=O) groups is 1. The Morgan fingerprint density at radius 3 is 2.88 bits per heavy atom. The molecule has 0 N–H and O–H groups in total. The zero-order valence-electron chi connectivity index (χ0n) is 8.60. The van der Waals surface area contributed by atoms with Crippen LogP contribution in [0.25, 0.3) is 5.69 Å². The molecule has 0 amide bonds. The van der Waals surface area contributed by atoms with Crippen LogP contribution in [0, 0.1) is 5.82 Å². The topological polar surface area (TPSA) is 47.8 Å². The first-order valence-corrected chi connectivity index (χ1v) is 5.04. The minimum absolute atomic E-state index is 0.126. The number of benzene rings is 1. The van der Waals surface area contributed by atoms with Gasteiger partial charge in [-0.2, -0.15) is 0 Å². The van der Waals surface area contributed by atoms with Gasteiger partial charge < -0.3 is 0 Å². The van der Waals surface area contributed by atoms with Crippen molar-refractivity contribution in [1.29, 1.82) is 0 Å². The molecule has 1 aromatic carbocycles. The van der Waals surface area contributed by atoms with E-state index in [-0.39, 0.29) is 16.3 Å². The maximum atomic E-state index is 13.8. The van der Waals surface area contributed by atoms with E-state index < -0.39 is 11.6 Å². The molecule has 2 aromatic rings. The number of nitrogens with zero attached hydrogens (tertiary/aromatic N) is 3. The minimum atomic E-state index is -0.787. The van der Waals surface area contributed by atoms with Crippen LogP contribution in [-0.2, 0) is 0 Å². The van der Waals surface area contributed by atoms with Crippen molar-refractivity contribution in [2.75, 3.05) is 0 Å². The number of rotatable bonds is 3. The molecule has 0 aliphatic heterocycles. The fraction of sp³-hybridized carbons (Fsp3) is 0. The summed E-state index contributed by atoms with van der Waals surface area (Å²) in [6, 6.07) is 2.85. The summed E-state index contributed by atoms with van der Waals surface area (Å²) >= 11 is 5.64. The van der Waals surface area contributed by atoms with Gasteiger partial charge >= 0.3 is 0 Å². The van der Waals surface area contributed by atoms with Gasteiger partial charge in [-0.05, 0) is 18.2 Å². The van der Waals surface area contributed by atoms with Crippen LogP contribution in [0.5, 0.6) is 0 Å². The molecule has 4 nitrogen and oxygen atoms in total. The lowest BCUT2D eigenvalue weighted by Crippen LogP contribution is -2.08. The van der Waals surface area contributed by atoms with E-state index in [9.17, 15) is 9.18 Å². The molecule has 6 heteroatoms. The summed E-state index contributed by atoms with van der Waals surface area (Å²) in [6.07, 6.45) is 3.95. The molecule has 0 aliphatic rings. The fourth-order valence-electron chi connectivity index (χ4n) is 1.40. The molecule has 0 saturated heterocycles. The van der Waals surface area contributed by atoms with Crippen LogP contribution in [-0.4, -0.2) is 20.8 Å². The number of hydrogen-bond donors (Lipinski definition) is 0. The fourth-order valence-corrected chi connectivity index (χ4v) is 1.56. The number of ketones is 1. The average molecular weight is 252 g/mol. The van der Waals surface area contributed by atoms with E-state index in [2.05, 4.69) is 16.9 Å². The minimum Gasteiger partial charge on any atom is -0.289 e. The maximum absolute atomic E-state index is 13.8. The number of hydrogen-bond acceptors (Lipinski definition) is 3. The SMILES string of the molecule is C=CC(=O)c1c(-n2ccnn2)ccc(Cl)c1F. The van der Waals surface area contributed by atoms with E-state index >= 15 is 0 Å². The molecular formula is C11H7ClFN3O. The van der Waals surface area contributed by atoms with E-state index in [0.29, 0.717) is 0 Å². The lowest BCUT2D eigenvalue weighted by molar-refractivity contribution is 0.104. The Labute approximate surface area is 101 Å². The van der Waals surface area contributed by atoms with Crippen LogP contribution in [0.3, 0.4) is 0 Å². The summed E-state index contributed by atoms with van der Waals surface area (Å²) in [4.78, 5) is 11.6. The van der Waals surface area contributed by atoms with Crippen molar-refractivity contribution in [2.24, 2.45) is 0 Å². The Morgan fingerprint density at radius 2 is 2.29 bits per heavy atom. The van der Waals surface area contributed by atoms with Crippen molar-refractivity contribution in [3.63, 3.8) is 0 Å². The van der Waals surface area contributed by atoms with Gasteiger partial charge in [-0.25, -0.2) is 9.07 Å². The molecule has 0 radical (unpaired) electrons. The first-order valence-electron chi connectivity index (χ1n) is 4.66. The molecule has 1 heterocycles. The van der Waals surface area contributed by atoms with Crippen LogP contribution >= 0.6 is 11.6 Å². The summed E-state index contributed by atoms with van der Waals surface area (Å²) in [7, 11) is 0. The van der Waals surface area contributed by atoms with Gasteiger partial charge in [0.05, 0.1) is 28.7 Å². The Balaban J connectivity index is 2.72. The highest BCUT2D eigenvalue weighted by Gasteiger charge is 2.18. The van der Waals surface area contributed by atoms with E-state index in [1.165, 1.54) is 29.2 Å². The first kappa shape index (κ1) is 11.5. The van der Waals surface area contributed by atoms with Crippen molar-refractivity contribution in [2.45, 2.75) is 0 Å². The Morgan fingerprint density at radius 1 is 1.53 bits per heavy atom. The average Bonchev–Trinajstić information content (AvgIpc) is 2.85. The molecule has 0 fully saturated rings. The number of carbonyl (C=O) groups excluding carboxylic acids is 1. The summed E-state index contributed by atoms with van der Waals surface area (Å²) in [6.45, 7) is 3.33. The van der Waals surface area contributed by atoms with Crippen molar-refractivity contribution in [1.82, 2.24) is 15.0 Å². The van der Waals surface area contributed by atoms with Gasteiger partial charge in [-0.3, -0.25) is 4.79 Å². The molecule has 0 aliphatic carbocycles. The Kier molecular flexibility index (Phi) is 3.01. The quantitative estimate of drug-likeness (QED) is 0.622. The van der Waals surface area contributed by atoms with Crippen molar-refractivity contribution >= 4 is 17.4 Å². The second-order valence-electron chi connectivity index (χ2n) is 3.17. The van der Waals surface area contributed by atoms with Crippen LogP contribution < -0.4 is 0 Å². The summed E-state index contributed by atoms with van der Waals surface area (Å²) in [5.74, 6) is -1.35. The van der Waals surface area contributed by atoms with Gasteiger partial charge in [-0.15, -0.1) is 5.10 Å². The van der Waals surface area contributed by atoms with Gasteiger partial charge in [0.15, 0.2) is 11.6 Å². The summed E-state index contributed by atoms with van der Waals surface area (Å²) in [5, 5.41) is 7.18. The Hall–Kier alpha value is -2.01. The van der Waals surface area contributed by atoms with Crippen LogP contribution in [0.2, 0.25) is 5.02 Å². The number of aromatic nitrogens is 3. The third-order valence-corrected chi connectivity index (χ3v) is 2.47. The molecular weight excluding hydrogens is 245 g/mol. The van der Waals surface area contributed by atoms with E-state index in [1.54, 1.807) is 0 Å². The second-order valence-corrected chi connectivity index (χ2v) is 3.58. The highest BCUT2D eigenvalue weighted by atomic mass is 35.5. The molecule has 0 bridgehead atoms. The Bertz CT molecular complexity index is 581. The predicted molar refractivity (Wildman–Crippen MR) is 60.9 cm³/mol. The number of halogens is 2. The zero-order chi connectivity index (χ0) is 12.4. The van der Waals surface area contributed by atoms with Gasteiger partial charge in [0.25, 0.3) is 0 Å². The van der Waals surface area contributed by atoms with Gasteiger partial charge in [0.2, 0.25) is 0 Å².